The zero-order valence-corrected chi connectivity index (χ0v) is 11.6. The van der Waals surface area contributed by atoms with E-state index in [4.69, 9.17) is 28.4 Å². The Labute approximate surface area is 124 Å². The minimum atomic E-state index is -0.675. The van der Waals surface area contributed by atoms with Gasteiger partial charge in [-0.3, -0.25) is 10.0 Å². The maximum Gasteiger partial charge on any atom is 0.277 e. The Hall–Kier alpha value is -1.89. The molecule has 6 nitrogen and oxygen atoms in total. The number of hydrogen-bond acceptors (Lipinski definition) is 5. The van der Waals surface area contributed by atoms with Crippen LogP contribution in [0.3, 0.4) is 0 Å². The van der Waals surface area contributed by atoms with Gasteiger partial charge in [0.1, 0.15) is 0 Å². The fourth-order valence-corrected chi connectivity index (χ4v) is 2.00. The van der Waals surface area contributed by atoms with Crippen LogP contribution in [0.1, 0.15) is 15.9 Å². The SMILES string of the molecule is O=C(NO)c1cnc(NCc2c(Cl)cccc2Cl)nc1. The van der Waals surface area contributed by atoms with Gasteiger partial charge in [-0.05, 0) is 12.1 Å². The Morgan fingerprint density at radius 1 is 1.20 bits per heavy atom. The van der Waals surface area contributed by atoms with Crippen molar-refractivity contribution in [3.63, 3.8) is 0 Å². The van der Waals surface area contributed by atoms with Gasteiger partial charge in [0, 0.05) is 34.5 Å². The van der Waals surface area contributed by atoms with E-state index in [1.807, 2.05) is 0 Å². The first-order valence-electron chi connectivity index (χ1n) is 5.55. The van der Waals surface area contributed by atoms with Gasteiger partial charge in [-0.1, -0.05) is 29.3 Å². The number of halogens is 2. The van der Waals surface area contributed by atoms with Crippen LogP contribution in [-0.4, -0.2) is 21.1 Å². The summed E-state index contributed by atoms with van der Waals surface area (Å²) < 4.78 is 0. The average molecular weight is 313 g/mol. The molecule has 1 aromatic carbocycles. The van der Waals surface area contributed by atoms with E-state index in [2.05, 4.69) is 15.3 Å². The Morgan fingerprint density at radius 3 is 2.35 bits per heavy atom. The van der Waals surface area contributed by atoms with Crippen LogP contribution in [0.5, 0.6) is 0 Å². The highest BCUT2D eigenvalue weighted by molar-refractivity contribution is 6.36. The zero-order chi connectivity index (χ0) is 14.5. The van der Waals surface area contributed by atoms with Crippen LogP contribution in [0.15, 0.2) is 30.6 Å². The molecule has 20 heavy (non-hydrogen) atoms. The van der Waals surface area contributed by atoms with Crippen molar-refractivity contribution in [1.82, 2.24) is 15.4 Å². The van der Waals surface area contributed by atoms with Gasteiger partial charge in [-0.15, -0.1) is 0 Å². The second kappa shape index (κ2) is 6.51. The Kier molecular flexibility index (Phi) is 4.73. The number of rotatable bonds is 4. The summed E-state index contributed by atoms with van der Waals surface area (Å²) in [7, 11) is 0. The van der Waals surface area contributed by atoms with Crippen molar-refractivity contribution < 1.29 is 10.0 Å². The lowest BCUT2D eigenvalue weighted by atomic mass is 10.2. The zero-order valence-electron chi connectivity index (χ0n) is 10.1. The van der Waals surface area contributed by atoms with Crippen LogP contribution >= 0.6 is 23.2 Å². The second-order valence-corrected chi connectivity index (χ2v) is 4.60. The lowest BCUT2D eigenvalue weighted by molar-refractivity contribution is 0.0705. The number of nitrogens with zero attached hydrogens (tertiary/aromatic N) is 2. The second-order valence-electron chi connectivity index (χ2n) is 3.79. The quantitative estimate of drug-likeness (QED) is 0.596. The van der Waals surface area contributed by atoms with E-state index < -0.39 is 5.91 Å². The number of carbonyl (C=O) groups excluding carboxylic acids is 1. The topological polar surface area (TPSA) is 87.1 Å². The summed E-state index contributed by atoms with van der Waals surface area (Å²) in [5.74, 6) is -0.360. The van der Waals surface area contributed by atoms with Crippen molar-refractivity contribution in [2.75, 3.05) is 5.32 Å². The predicted octanol–water partition coefficient (Wildman–Crippen LogP) is 2.51. The fourth-order valence-electron chi connectivity index (χ4n) is 1.47. The summed E-state index contributed by atoms with van der Waals surface area (Å²) in [6, 6.07) is 5.23. The van der Waals surface area contributed by atoms with E-state index >= 15 is 0 Å². The van der Waals surface area contributed by atoms with E-state index in [1.54, 1.807) is 18.2 Å². The van der Waals surface area contributed by atoms with Crippen molar-refractivity contribution in [3.05, 3.63) is 51.8 Å². The van der Waals surface area contributed by atoms with Gasteiger partial charge in [0.05, 0.1) is 5.56 Å². The summed E-state index contributed by atoms with van der Waals surface area (Å²) in [5, 5.41) is 12.5. The Bertz CT molecular complexity index is 599. The summed E-state index contributed by atoms with van der Waals surface area (Å²) in [5.41, 5.74) is 2.38. The molecular formula is C12H10Cl2N4O2. The van der Waals surface area contributed by atoms with Gasteiger partial charge in [0.15, 0.2) is 0 Å². The number of carbonyl (C=O) groups is 1. The number of nitrogens with one attached hydrogen (secondary N) is 2. The molecular weight excluding hydrogens is 303 g/mol. The van der Waals surface area contributed by atoms with Gasteiger partial charge in [0.25, 0.3) is 5.91 Å². The highest BCUT2D eigenvalue weighted by Gasteiger charge is 2.08. The maximum absolute atomic E-state index is 11.1. The smallest absolute Gasteiger partial charge is 0.277 e. The Balaban J connectivity index is 2.06. The van der Waals surface area contributed by atoms with Crippen LogP contribution in [-0.2, 0) is 6.54 Å². The third-order valence-corrected chi connectivity index (χ3v) is 3.21. The predicted molar refractivity (Wildman–Crippen MR) is 75.1 cm³/mol. The molecule has 3 N–H and O–H groups in total. The molecule has 0 atom stereocenters. The third kappa shape index (κ3) is 3.36. The van der Waals surface area contributed by atoms with Crippen molar-refractivity contribution in [2.24, 2.45) is 0 Å². The van der Waals surface area contributed by atoms with Gasteiger partial charge in [-0.2, -0.15) is 0 Å². The number of amides is 1. The molecule has 2 aromatic rings. The molecule has 0 saturated heterocycles. The summed E-state index contributed by atoms with van der Waals surface area (Å²) in [6.45, 7) is 0.351. The van der Waals surface area contributed by atoms with E-state index in [-0.39, 0.29) is 5.56 Å². The van der Waals surface area contributed by atoms with Gasteiger partial charge in [0.2, 0.25) is 5.95 Å². The molecule has 104 valence electrons. The normalized spacial score (nSPS) is 10.2. The molecule has 0 radical (unpaired) electrons. The summed E-state index contributed by atoms with van der Waals surface area (Å²) in [4.78, 5) is 19.0. The van der Waals surface area contributed by atoms with Crippen molar-refractivity contribution >= 4 is 35.1 Å². The molecule has 0 aliphatic rings. The van der Waals surface area contributed by atoms with Crippen LogP contribution in [0.25, 0.3) is 0 Å². The van der Waals surface area contributed by atoms with Crippen LogP contribution in [0.4, 0.5) is 5.95 Å². The number of anilines is 1. The molecule has 0 fully saturated rings. The van der Waals surface area contributed by atoms with Crippen LogP contribution < -0.4 is 10.8 Å². The summed E-state index contributed by atoms with van der Waals surface area (Å²) >= 11 is 12.1. The number of benzene rings is 1. The fraction of sp³-hybridized carbons (Fsp3) is 0.0833. The first kappa shape index (κ1) is 14.5. The van der Waals surface area contributed by atoms with Gasteiger partial charge in [-0.25, -0.2) is 15.4 Å². The molecule has 0 aliphatic heterocycles. The van der Waals surface area contributed by atoms with E-state index in [9.17, 15) is 4.79 Å². The molecule has 1 aromatic heterocycles. The lowest BCUT2D eigenvalue weighted by Crippen LogP contribution is -2.19. The highest BCUT2D eigenvalue weighted by atomic mass is 35.5. The first-order chi connectivity index (χ1) is 9.61. The molecule has 0 unspecified atom stereocenters. The van der Waals surface area contributed by atoms with E-state index in [0.717, 1.165) is 5.56 Å². The molecule has 1 amide bonds. The molecule has 0 saturated carbocycles. The largest absolute Gasteiger partial charge is 0.350 e. The van der Waals surface area contributed by atoms with Crippen molar-refractivity contribution in [1.29, 1.82) is 0 Å². The lowest BCUT2D eigenvalue weighted by Gasteiger charge is -2.08. The van der Waals surface area contributed by atoms with E-state index in [1.165, 1.54) is 17.9 Å². The monoisotopic (exact) mass is 312 g/mol. The number of hydrogen-bond donors (Lipinski definition) is 3. The first-order valence-corrected chi connectivity index (χ1v) is 6.30. The standard InChI is InChI=1S/C12H10Cl2N4O2/c13-9-2-1-3-10(14)8(9)6-17-12-15-4-7(5-16-12)11(19)18-20/h1-5,20H,6H2,(H,18,19)(H,15,16,17). The van der Waals surface area contributed by atoms with Crippen molar-refractivity contribution in [3.8, 4) is 0 Å². The molecule has 2 rings (SSSR count). The molecule has 0 aliphatic carbocycles. The van der Waals surface area contributed by atoms with Gasteiger partial charge < -0.3 is 5.32 Å². The molecule has 1 heterocycles. The third-order valence-electron chi connectivity index (χ3n) is 2.50. The number of hydroxylamine groups is 1. The molecule has 8 heteroatoms. The summed E-state index contributed by atoms with van der Waals surface area (Å²) in [6.07, 6.45) is 2.57. The van der Waals surface area contributed by atoms with Gasteiger partial charge >= 0.3 is 0 Å². The minimum Gasteiger partial charge on any atom is -0.350 e. The van der Waals surface area contributed by atoms with E-state index in [0.29, 0.717) is 22.5 Å². The van der Waals surface area contributed by atoms with Crippen LogP contribution in [0, 0.1) is 0 Å². The maximum atomic E-state index is 11.1. The molecule has 0 bridgehead atoms. The van der Waals surface area contributed by atoms with Crippen molar-refractivity contribution in [2.45, 2.75) is 6.54 Å². The highest BCUT2D eigenvalue weighted by Crippen LogP contribution is 2.24. The number of aromatic nitrogens is 2. The molecule has 0 spiro atoms. The minimum absolute atomic E-state index is 0.147. The Morgan fingerprint density at radius 2 is 1.80 bits per heavy atom. The van der Waals surface area contributed by atoms with Crippen LogP contribution in [0.2, 0.25) is 10.0 Å². The average Bonchev–Trinajstić information content (AvgIpc) is 2.46.